The highest BCUT2D eigenvalue weighted by molar-refractivity contribution is 5.80. The van der Waals surface area contributed by atoms with Crippen molar-refractivity contribution in [2.24, 2.45) is 4.99 Å². The molecule has 2 heterocycles. The van der Waals surface area contributed by atoms with Gasteiger partial charge in [-0.3, -0.25) is 4.99 Å². The molecule has 2 aromatic rings. The molecule has 8 heteroatoms. The topological polar surface area (TPSA) is 79.0 Å². The largest absolute Gasteiger partial charge is 0.497 e. The number of hydrogen-bond acceptors (Lipinski definition) is 6. The van der Waals surface area contributed by atoms with E-state index in [1.807, 2.05) is 12.1 Å². The number of rotatable bonds is 4. The van der Waals surface area contributed by atoms with E-state index in [-0.39, 0.29) is 0 Å². The van der Waals surface area contributed by atoms with E-state index in [2.05, 4.69) is 42.4 Å². The number of nitrogens with zero attached hydrogens (tertiary/aromatic N) is 5. The molecule has 1 aromatic heterocycles. The summed E-state index contributed by atoms with van der Waals surface area (Å²) in [7, 11) is 3.47. The maximum Gasteiger partial charge on any atom is 0.246 e. The Morgan fingerprint density at radius 3 is 2.52 bits per heavy atom. The van der Waals surface area contributed by atoms with Crippen LogP contribution in [0.25, 0.3) is 0 Å². The van der Waals surface area contributed by atoms with E-state index in [4.69, 9.17) is 9.26 Å². The van der Waals surface area contributed by atoms with Crippen molar-refractivity contribution in [1.82, 2.24) is 20.4 Å². The fourth-order valence-electron chi connectivity index (χ4n) is 2.87. The van der Waals surface area contributed by atoms with E-state index < -0.39 is 0 Å². The van der Waals surface area contributed by atoms with Gasteiger partial charge in [0.2, 0.25) is 5.89 Å². The number of guanidine groups is 1. The van der Waals surface area contributed by atoms with E-state index in [0.29, 0.717) is 18.3 Å². The summed E-state index contributed by atoms with van der Waals surface area (Å²) in [6.07, 6.45) is 0. The lowest BCUT2D eigenvalue weighted by atomic mass is 10.2. The van der Waals surface area contributed by atoms with Crippen molar-refractivity contribution in [2.75, 3.05) is 45.2 Å². The molecule has 1 aliphatic rings. The molecule has 8 nitrogen and oxygen atoms in total. The van der Waals surface area contributed by atoms with Crippen LogP contribution in [0.2, 0.25) is 0 Å². The maximum absolute atomic E-state index is 5.22. The molecule has 1 N–H and O–H groups in total. The average molecular weight is 344 g/mol. The number of aromatic nitrogens is 2. The molecule has 3 rings (SSSR count). The van der Waals surface area contributed by atoms with Gasteiger partial charge in [-0.25, -0.2) is 0 Å². The zero-order chi connectivity index (χ0) is 17.6. The van der Waals surface area contributed by atoms with Gasteiger partial charge in [-0.1, -0.05) is 5.16 Å². The molecule has 1 aromatic carbocycles. The Kier molecular flexibility index (Phi) is 5.37. The Balaban J connectivity index is 1.52. The summed E-state index contributed by atoms with van der Waals surface area (Å²) in [4.78, 5) is 13.2. The van der Waals surface area contributed by atoms with Gasteiger partial charge in [0.1, 0.15) is 5.75 Å². The Bertz CT molecular complexity index is 704. The summed E-state index contributed by atoms with van der Waals surface area (Å²) in [6, 6.07) is 8.18. The number of nitrogens with one attached hydrogen (secondary N) is 1. The Labute approximate surface area is 147 Å². The van der Waals surface area contributed by atoms with Crippen LogP contribution in [0.3, 0.4) is 0 Å². The number of aryl methyl sites for hydroxylation is 1. The van der Waals surface area contributed by atoms with Crippen LogP contribution >= 0.6 is 0 Å². The summed E-state index contributed by atoms with van der Waals surface area (Å²) in [6.45, 7) is 5.95. The van der Waals surface area contributed by atoms with Gasteiger partial charge in [-0.15, -0.1) is 0 Å². The van der Waals surface area contributed by atoms with Crippen LogP contribution < -0.4 is 15.0 Å². The number of hydrogen-bond donors (Lipinski definition) is 1. The van der Waals surface area contributed by atoms with Crippen LogP contribution in [-0.2, 0) is 6.54 Å². The van der Waals surface area contributed by atoms with Crippen LogP contribution in [0.4, 0.5) is 5.69 Å². The minimum absolute atomic E-state index is 0.478. The number of benzene rings is 1. The first-order chi connectivity index (χ1) is 12.2. The van der Waals surface area contributed by atoms with Crippen molar-refractivity contribution in [1.29, 1.82) is 0 Å². The van der Waals surface area contributed by atoms with E-state index >= 15 is 0 Å². The third-order valence-electron chi connectivity index (χ3n) is 4.20. The number of methoxy groups -OCH3 is 1. The first-order valence-electron chi connectivity index (χ1n) is 8.33. The number of anilines is 1. The van der Waals surface area contributed by atoms with Crippen LogP contribution in [0.15, 0.2) is 33.8 Å². The predicted molar refractivity (Wildman–Crippen MR) is 96.0 cm³/mol. The molecular weight excluding hydrogens is 320 g/mol. The van der Waals surface area contributed by atoms with E-state index in [1.54, 1.807) is 21.1 Å². The monoisotopic (exact) mass is 344 g/mol. The summed E-state index contributed by atoms with van der Waals surface area (Å²) >= 11 is 0. The predicted octanol–water partition coefficient (Wildman–Crippen LogP) is 1.28. The molecule has 134 valence electrons. The van der Waals surface area contributed by atoms with Gasteiger partial charge >= 0.3 is 0 Å². The van der Waals surface area contributed by atoms with Gasteiger partial charge in [0.15, 0.2) is 11.8 Å². The second-order valence-corrected chi connectivity index (χ2v) is 5.81. The molecule has 0 saturated carbocycles. The highest BCUT2D eigenvalue weighted by atomic mass is 16.5. The van der Waals surface area contributed by atoms with Gasteiger partial charge < -0.3 is 24.4 Å². The van der Waals surface area contributed by atoms with Crippen molar-refractivity contribution in [3.8, 4) is 5.75 Å². The van der Waals surface area contributed by atoms with Gasteiger partial charge in [-0.05, 0) is 31.2 Å². The highest BCUT2D eigenvalue weighted by Crippen LogP contribution is 2.20. The Morgan fingerprint density at radius 1 is 1.24 bits per heavy atom. The molecule has 0 amide bonds. The maximum atomic E-state index is 5.22. The molecule has 1 fully saturated rings. The normalized spacial score (nSPS) is 15.4. The first kappa shape index (κ1) is 17.1. The Morgan fingerprint density at radius 2 is 1.96 bits per heavy atom. The van der Waals surface area contributed by atoms with Crippen LogP contribution in [0.1, 0.15) is 11.7 Å². The molecule has 0 unspecified atom stereocenters. The van der Waals surface area contributed by atoms with Gasteiger partial charge in [0.25, 0.3) is 0 Å². The lowest BCUT2D eigenvalue weighted by molar-refractivity contribution is 0.353. The van der Waals surface area contributed by atoms with Gasteiger partial charge in [0, 0.05) is 38.9 Å². The quantitative estimate of drug-likeness (QED) is 0.661. The number of piperazine rings is 1. The van der Waals surface area contributed by atoms with Crippen molar-refractivity contribution in [2.45, 2.75) is 13.5 Å². The molecule has 25 heavy (non-hydrogen) atoms. The van der Waals surface area contributed by atoms with Crippen molar-refractivity contribution in [3.63, 3.8) is 0 Å². The van der Waals surface area contributed by atoms with Crippen LogP contribution in [-0.4, -0.2) is 61.3 Å². The first-order valence-corrected chi connectivity index (χ1v) is 8.33. The summed E-state index contributed by atoms with van der Waals surface area (Å²) in [5.41, 5.74) is 1.21. The minimum atomic E-state index is 0.478. The zero-order valence-electron chi connectivity index (χ0n) is 14.9. The second kappa shape index (κ2) is 7.87. The summed E-state index contributed by atoms with van der Waals surface area (Å²) < 4.78 is 10.3. The number of ether oxygens (including phenoxy) is 1. The lowest BCUT2D eigenvalue weighted by Gasteiger charge is -2.37. The SMILES string of the molecule is CN=C(NCc1nc(C)no1)N1CCN(c2ccc(OC)cc2)CC1. The molecular formula is C17H24N6O2. The molecule has 0 radical (unpaired) electrons. The third-order valence-corrected chi connectivity index (χ3v) is 4.20. The van der Waals surface area contributed by atoms with E-state index in [9.17, 15) is 0 Å². The molecule has 0 spiro atoms. The standard InChI is InChI=1S/C17H24N6O2/c1-13-20-16(25-21-13)12-19-17(18-2)23-10-8-22(9-11-23)14-4-6-15(24-3)7-5-14/h4-7H,8-12H2,1-3H3,(H,18,19). The molecule has 1 aliphatic heterocycles. The fourth-order valence-corrected chi connectivity index (χ4v) is 2.87. The second-order valence-electron chi connectivity index (χ2n) is 5.81. The van der Waals surface area contributed by atoms with Gasteiger partial charge in [-0.2, -0.15) is 4.98 Å². The molecule has 0 aliphatic carbocycles. The van der Waals surface area contributed by atoms with Crippen molar-refractivity contribution in [3.05, 3.63) is 36.0 Å². The summed E-state index contributed by atoms with van der Waals surface area (Å²) in [5.74, 6) is 2.93. The molecule has 1 saturated heterocycles. The van der Waals surface area contributed by atoms with Crippen LogP contribution in [0, 0.1) is 6.92 Å². The summed E-state index contributed by atoms with van der Waals surface area (Å²) in [5, 5.41) is 7.08. The minimum Gasteiger partial charge on any atom is -0.497 e. The zero-order valence-corrected chi connectivity index (χ0v) is 14.9. The van der Waals surface area contributed by atoms with Crippen LogP contribution in [0.5, 0.6) is 5.75 Å². The van der Waals surface area contributed by atoms with E-state index in [1.165, 1.54) is 5.69 Å². The average Bonchev–Trinajstić information content (AvgIpc) is 3.08. The lowest BCUT2D eigenvalue weighted by Crippen LogP contribution is -2.52. The van der Waals surface area contributed by atoms with Gasteiger partial charge in [0.05, 0.1) is 13.7 Å². The van der Waals surface area contributed by atoms with E-state index in [0.717, 1.165) is 37.9 Å². The molecule has 0 bridgehead atoms. The Hall–Kier alpha value is -2.77. The fraction of sp³-hybridized carbons (Fsp3) is 0.471. The highest BCUT2D eigenvalue weighted by Gasteiger charge is 2.20. The molecule has 0 atom stereocenters. The van der Waals surface area contributed by atoms with Crippen molar-refractivity contribution >= 4 is 11.6 Å². The third kappa shape index (κ3) is 4.20. The smallest absolute Gasteiger partial charge is 0.246 e. The van der Waals surface area contributed by atoms with Crippen molar-refractivity contribution < 1.29 is 9.26 Å². The number of aliphatic imine (C=N–C) groups is 1.